The third kappa shape index (κ3) is 4.07. The molecule has 0 aromatic carbocycles. The Morgan fingerprint density at radius 2 is 1.96 bits per heavy atom. The maximum atomic E-state index is 12.6. The van der Waals surface area contributed by atoms with Gasteiger partial charge in [-0.1, -0.05) is 0 Å². The van der Waals surface area contributed by atoms with Gasteiger partial charge in [0.1, 0.15) is 6.10 Å². The Bertz CT molecular complexity index is 664. The number of aliphatic hydroxyl groups is 2. The van der Waals surface area contributed by atoms with E-state index in [0.717, 1.165) is 0 Å². The summed E-state index contributed by atoms with van der Waals surface area (Å²) in [7, 11) is 0. The molecule has 2 N–H and O–H groups in total. The van der Waals surface area contributed by atoms with E-state index in [4.69, 9.17) is 4.74 Å². The van der Waals surface area contributed by atoms with Gasteiger partial charge in [-0.25, -0.2) is 9.97 Å². The highest BCUT2D eigenvalue weighted by atomic mass is 16.5. The van der Waals surface area contributed by atoms with Crippen LogP contribution in [-0.4, -0.2) is 81.6 Å². The Labute approximate surface area is 159 Å². The number of aromatic nitrogens is 2. The van der Waals surface area contributed by atoms with Crippen LogP contribution in [0, 0.1) is 0 Å². The number of aliphatic hydroxyl groups excluding tert-OH is 2. The molecule has 3 heterocycles. The number of β-amino-alcohol motifs (C(OH)–C–C–N with tert-alkyl or cyclic N) is 1. The number of amides is 1. The lowest BCUT2D eigenvalue weighted by atomic mass is 10.0. The molecule has 1 aromatic rings. The molecule has 2 aliphatic heterocycles. The predicted molar refractivity (Wildman–Crippen MR) is 98.4 cm³/mol. The number of rotatable bonds is 6. The van der Waals surface area contributed by atoms with E-state index < -0.39 is 18.3 Å². The molecule has 8 heteroatoms. The molecular formula is C19H28N4O4. The number of anilines is 1. The Balaban J connectivity index is 1.34. The molecule has 3 aliphatic rings. The molecular weight excluding hydrogens is 348 g/mol. The van der Waals surface area contributed by atoms with E-state index in [1.807, 2.05) is 17.3 Å². The largest absolute Gasteiger partial charge is 0.391 e. The summed E-state index contributed by atoms with van der Waals surface area (Å²) in [5.41, 5.74) is 1.19. The van der Waals surface area contributed by atoms with Crippen LogP contribution in [-0.2, 0) is 9.53 Å². The van der Waals surface area contributed by atoms with Gasteiger partial charge in [0.15, 0.2) is 0 Å². The predicted octanol–water partition coefficient (Wildman–Crippen LogP) is 0.292. The van der Waals surface area contributed by atoms with Gasteiger partial charge in [0, 0.05) is 38.4 Å². The summed E-state index contributed by atoms with van der Waals surface area (Å²) in [5.74, 6) is 1.18. The van der Waals surface area contributed by atoms with Crippen LogP contribution in [0.1, 0.15) is 44.1 Å². The second-order valence-electron chi connectivity index (χ2n) is 7.95. The van der Waals surface area contributed by atoms with Crippen molar-refractivity contribution in [1.82, 2.24) is 14.9 Å². The standard InChI is InChI=1S/C19H28N4O4/c1-12(24)11-27-17-5-7-23(18(17)26)15-4-6-22(10-16(15)25)19-20-8-14(9-21-19)13-2-3-13/h8-9,12-13,15-17,24-25H,2-7,10-11H2,1H3. The molecule has 0 spiro atoms. The first-order valence-corrected chi connectivity index (χ1v) is 9.88. The Kier molecular flexibility index (Phi) is 5.29. The molecule has 4 atom stereocenters. The zero-order chi connectivity index (χ0) is 19.0. The number of hydrogen-bond donors (Lipinski definition) is 2. The van der Waals surface area contributed by atoms with Crippen LogP contribution in [0.5, 0.6) is 0 Å². The lowest BCUT2D eigenvalue weighted by molar-refractivity contribution is -0.142. The average molecular weight is 376 g/mol. The van der Waals surface area contributed by atoms with Crippen molar-refractivity contribution in [2.24, 2.45) is 0 Å². The monoisotopic (exact) mass is 376 g/mol. The third-order valence-electron chi connectivity index (χ3n) is 5.67. The Morgan fingerprint density at radius 3 is 2.59 bits per heavy atom. The molecule has 148 valence electrons. The minimum atomic E-state index is -0.648. The summed E-state index contributed by atoms with van der Waals surface area (Å²) in [5, 5.41) is 20.0. The maximum Gasteiger partial charge on any atom is 0.252 e. The van der Waals surface area contributed by atoms with E-state index in [1.54, 1.807) is 11.8 Å². The van der Waals surface area contributed by atoms with E-state index in [9.17, 15) is 15.0 Å². The van der Waals surface area contributed by atoms with Crippen molar-refractivity contribution in [3.05, 3.63) is 18.0 Å². The summed E-state index contributed by atoms with van der Waals surface area (Å²) in [6.45, 7) is 3.48. The Morgan fingerprint density at radius 1 is 1.22 bits per heavy atom. The molecule has 8 nitrogen and oxygen atoms in total. The molecule has 0 bridgehead atoms. The lowest BCUT2D eigenvalue weighted by Crippen LogP contribution is -2.55. The molecule has 1 saturated carbocycles. The van der Waals surface area contributed by atoms with Crippen LogP contribution in [0.4, 0.5) is 5.95 Å². The zero-order valence-electron chi connectivity index (χ0n) is 15.7. The van der Waals surface area contributed by atoms with Gasteiger partial charge >= 0.3 is 0 Å². The first-order valence-electron chi connectivity index (χ1n) is 9.88. The van der Waals surface area contributed by atoms with E-state index in [-0.39, 0.29) is 18.6 Å². The van der Waals surface area contributed by atoms with Crippen molar-refractivity contribution in [2.75, 3.05) is 31.1 Å². The fraction of sp³-hybridized carbons (Fsp3) is 0.737. The molecule has 0 radical (unpaired) electrons. The molecule has 3 fully saturated rings. The van der Waals surface area contributed by atoms with Crippen molar-refractivity contribution in [3.63, 3.8) is 0 Å². The molecule has 1 amide bonds. The normalized spacial score (nSPS) is 30.0. The van der Waals surface area contributed by atoms with Crippen LogP contribution >= 0.6 is 0 Å². The van der Waals surface area contributed by atoms with Gasteiger partial charge in [-0.15, -0.1) is 0 Å². The van der Waals surface area contributed by atoms with Gasteiger partial charge < -0.3 is 24.7 Å². The number of carbonyl (C=O) groups is 1. The van der Waals surface area contributed by atoms with Crippen molar-refractivity contribution in [3.8, 4) is 0 Å². The third-order valence-corrected chi connectivity index (χ3v) is 5.67. The highest BCUT2D eigenvalue weighted by Gasteiger charge is 2.41. The SMILES string of the molecule is CC(O)COC1CCN(C2CCN(c3ncc(C4CC4)cn3)CC2O)C1=O. The molecule has 4 unspecified atom stereocenters. The fourth-order valence-corrected chi connectivity index (χ4v) is 4.00. The van der Waals surface area contributed by atoms with Crippen LogP contribution in [0.15, 0.2) is 12.4 Å². The van der Waals surface area contributed by atoms with Gasteiger partial charge in [-0.2, -0.15) is 0 Å². The van der Waals surface area contributed by atoms with Crippen LogP contribution in [0.3, 0.4) is 0 Å². The number of nitrogens with zero attached hydrogens (tertiary/aromatic N) is 4. The van der Waals surface area contributed by atoms with Gasteiger partial charge in [0.2, 0.25) is 5.95 Å². The first kappa shape index (κ1) is 18.6. The van der Waals surface area contributed by atoms with Gasteiger partial charge in [-0.3, -0.25) is 4.79 Å². The average Bonchev–Trinajstić information content (AvgIpc) is 3.44. The number of hydrogen-bond acceptors (Lipinski definition) is 7. The quantitative estimate of drug-likeness (QED) is 0.736. The molecule has 1 aromatic heterocycles. The van der Waals surface area contributed by atoms with Crippen molar-refractivity contribution < 1.29 is 19.7 Å². The van der Waals surface area contributed by atoms with Gasteiger partial charge in [0.25, 0.3) is 5.91 Å². The number of carbonyl (C=O) groups excluding carboxylic acids is 1. The minimum Gasteiger partial charge on any atom is -0.391 e. The second-order valence-corrected chi connectivity index (χ2v) is 7.95. The van der Waals surface area contributed by atoms with E-state index >= 15 is 0 Å². The highest BCUT2D eigenvalue weighted by Crippen LogP contribution is 2.39. The Hall–Kier alpha value is -1.77. The van der Waals surface area contributed by atoms with Crippen molar-refractivity contribution >= 4 is 11.9 Å². The lowest BCUT2D eigenvalue weighted by Gasteiger charge is -2.40. The topological polar surface area (TPSA) is 99.0 Å². The minimum absolute atomic E-state index is 0.0850. The molecule has 27 heavy (non-hydrogen) atoms. The first-order chi connectivity index (χ1) is 13.0. The second kappa shape index (κ2) is 7.69. The summed E-state index contributed by atoms with van der Waals surface area (Å²) in [6, 6.07) is -0.209. The van der Waals surface area contributed by atoms with Crippen LogP contribution in [0.25, 0.3) is 0 Å². The number of piperidine rings is 1. The van der Waals surface area contributed by atoms with E-state index in [2.05, 4.69) is 9.97 Å². The van der Waals surface area contributed by atoms with Crippen LogP contribution in [0.2, 0.25) is 0 Å². The van der Waals surface area contributed by atoms with E-state index in [0.29, 0.717) is 44.3 Å². The molecule has 4 rings (SSSR count). The van der Waals surface area contributed by atoms with Crippen LogP contribution < -0.4 is 4.90 Å². The van der Waals surface area contributed by atoms with Gasteiger partial charge in [0.05, 0.1) is 24.9 Å². The molecule has 2 saturated heterocycles. The highest BCUT2D eigenvalue weighted by molar-refractivity contribution is 5.83. The maximum absolute atomic E-state index is 12.6. The smallest absolute Gasteiger partial charge is 0.252 e. The van der Waals surface area contributed by atoms with E-state index in [1.165, 1.54) is 18.4 Å². The zero-order valence-corrected chi connectivity index (χ0v) is 15.7. The van der Waals surface area contributed by atoms with Gasteiger partial charge in [-0.05, 0) is 37.7 Å². The fourth-order valence-electron chi connectivity index (χ4n) is 4.00. The molecule has 1 aliphatic carbocycles. The summed E-state index contributed by atoms with van der Waals surface area (Å²) in [6.07, 6.45) is 5.75. The van der Waals surface area contributed by atoms with Crippen molar-refractivity contribution in [2.45, 2.75) is 62.9 Å². The summed E-state index contributed by atoms with van der Waals surface area (Å²) >= 11 is 0. The van der Waals surface area contributed by atoms with Crippen molar-refractivity contribution in [1.29, 1.82) is 0 Å². The summed E-state index contributed by atoms with van der Waals surface area (Å²) in [4.78, 5) is 25.3. The number of ether oxygens (including phenoxy) is 1. The summed E-state index contributed by atoms with van der Waals surface area (Å²) < 4.78 is 5.51. The number of likely N-dealkylation sites (tertiary alicyclic amines) is 1.